The monoisotopic (exact) mass is 164 g/mol. The second kappa shape index (κ2) is 9.09. The molecule has 0 aliphatic heterocycles. The number of carbonyl (C=O) groups excluding carboxylic acids is 1. The quantitative estimate of drug-likeness (QED) is 0.266. The van der Waals surface area contributed by atoms with E-state index in [-0.39, 0.29) is 0 Å². The number of aliphatic hydroxyl groups excluding tert-OH is 2. The van der Waals surface area contributed by atoms with Gasteiger partial charge in [0, 0.05) is 6.08 Å². The van der Waals surface area contributed by atoms with E-state index in [9.17, 15) is 4.79 Å². The first-order chi connectivity index (χ1) is 5.08. The van der Waals surface area contributed by atoms with E-state index in [2.05, 4.69) is 11.3 Å². The Bertz CT molecular complexity index is 110. The van der Waals surface area contributed by atoms with Crippen LogP contribution in [0.3, 0.4) is 0 Å². The lowest BCUT2D eigenvalue weighted by Crippen LogP contribution is -2.08. The summed E-state index contributed by atoms with van der Waals surface area (Å²) in [6.07, 6.45) is -0.449. The van der Waals surface area contributed by atoms with Gasteiger partial charge in [0.1, 0.15) is 0 Å². The molecule has 0 unspecified atom stereocenters. The zero-order valence-electron chi connectivity index (χ0n) is 6.23. The zero-order chi connectivity index (χ0) is 9.28. The first-order valence-electron chi connectivity index (χ1n) is 2.75. The molecule has 0 bridgehead atoms. The van der Waals surface area contributed by atoms with Crippen LogP contribution in [0.5, 0.6) is 0 Å². The van der Waals surface area contributed by atoms with Crippen LogP contribution in [-0.2, 0) is 9.53 Å². The third-order valence-corrected chi connectivity index (χ3v) is 0.531. The van der Waals surface area contributed by atoms with Crippen LogP contribution in [0, 0.1) is 0 Å². The molecule has 0 rings (SSSR count). The van der Waals surface area contributed by atoms with Gasteiger partial charge in [-0.05, 0) is 0 Å². The van der Waals surface area contributed by atoms with Crippen LogP contribution in [0.2, 0.25) is 0 Å². The molecule has 0 aromatic carbocycles. The molecule has 0 saturated heterocycles. The maximum Gasteiger partial charge on any atom is 0.329 e. The van der Waals surface area contributed by atoms with Crippen LogP contribution in [0.4, 0.5) is 0 Å². The van der Waals surface area contributed by atoms with Gasteiger partial charge < -0.3 is 20.1 Å². The van der Waals surface area contributed by atoms with Crippen molar-refractivity contribution in [3.05, 3.63) is 12.7 Å². The van der Waals surface area contributed by atoms with Crippen LogP contribution in [0.25, 0.3) is 0 Å². The first kappa shape index (κ1) is 12.7. The van der Waals surface area contributed by atoms with E-state index in [1.54, 1.807) is 0 Å². The summed E-state index contributed by atoms with van der Waals surface area (Å²) in [5.41, 5.74) is 0. The van der Waals surface area contributed by atoms with E-state index in [0.29, 0.717) is 0 Å². The fourth-order valence-corrected chi connectivity index (χ4v) is 0.0833. The van der Waals surface area contributed by atoms with Crippen molar-refractivity contribution < 1.29 is 24.9 Å². The standard InChI is InChI=1S/C4H6O2.C2H6O3/c1-3-4(5)6-2;3-1-2(4)5/h3H,1H2,2H3;2-5H,1H2. The van der Waals surface area contributed by atoms with Crippen LogP contribution in [-0.4, -0.2) is 41.3 Å². The Balaban J connectivity index is 0. The summed E-state index contributed by atoms with van der Waals surface area (Å²) in [5, 5.41) is 23.0. The SMILES string of the molecule is C=CC(=O)OC.OCC(O)O. The van der Waals surface area contributed by atoms with Gasteiger partial charge in [-0.25, -0.2) is 4.79 Å². The summed E-state index contributed by atoms with van der Waals surface area (Å²) in [4.78, 5) is 9.84. The van der Waals surface area contributed by atoms with Gasteiger partial charge in [-0.2, -0.15) is 0 Å². The highest BCUT2D eigenvalue weighted by atomic mass is 16.5. The van der Waals surface area contributed by atoms with Crippen molar-refractivity contribution in [2.24, 2.45) is 0 Å². The summed E-state index contributed by atoms with van der Waals surface area (Å²) >= 11 is 0. The number of carbonyl (C=O) groups is 1. The average Bonchev–Trinajstić information content (AvgIpc) is 2.04. The van der Waals surface area contributed by atoms with Crippen molar-refractivity contribution in [1.82, 2.24) is 0 Å². The number of rotatable bonds is 2. The van der Waals surface area contributed by atoms with E-state index in [1.807, 2.05) is 0 Å². The Kier molecular flexibility index (Phi) is 10.5. The molecular weight excluding hydrogens is 152 g/mol. The molecule has 0 spiro atoms. The Morgan fingerprint density at radius 3 is 2.09 bits per heavy atom. The third kappa shape index (κ3) is 17.6. The second-order valence-electron chi connectivity index (χ2n) is 1.39. The van der Waals surface area contributed by atoms with Crippen LogP contribution in [0.15, 0.2) is 12.7 Å². The van der Waals surface area contributed by atoms with Crippen molar-refractivity contribution in [1.29, 1.82) is 0 Å². The highest BCUT2D eigenvalue weighted by Gasteiger charge is 1.85. The normalized spacial score (nSPS) is 8.09. The molecule has 5 nitrogen and oxygen atoms in total. The fraction of sp³-hybridized carbons (Fsp3) is 0.500. The molecule has 11 heavy (non-hydrogen) atoms. The fourth-order valence-electron chi connectivity index (χ4n) is 0.0833. The first-order valence-corrected chi connectivity index (χ1v) is 2.75. The topological polar surface area (TPSA) is 87.0 Å². The molecule has 66 valence electrons. The lowest BCUT2D eigenvalue weighted by molar-refractivity contribution is -0.134. The minimum Gasteiger partial charge on any atom is -0.466 e. The molecule has 0 atom stereocenters. The molecule has 0 aliphatic carbocycles. The third-order valence-electron chi connectivity index (χ3n) is 0.531. The van der Waals surface area contributed by atoms with E-state index in [1.165, 1.54) is 7.11 Å². The van der Waals surface area contributed by atoms with Crippen molar-refractivity contribution in [3.63, 3.8) is 0 Å². The minimum absolute atomic E-state index is 0.394. The minimum atomic E-state index is -1.56. The van der Waals surface area contributed by atoms with Crippen molar-refractivity contribution in [3.8, 4) is 0 Å². The van der Waals surface area contributed by atoms with Crippen molar-refractivity contribution in [2.45, 2.75) is 6.29 Å². The molecule has 0 aromatic heterocycles. The predicted octanol–water partition coefficient (Wildman–Crippen LogP) is -1.37. The van der Waals surface area contributed by atoms with Gasteiger partial charge in [-0.3, -0.25) is 0 Å². The van der Waals surface area contributed by atoms with Gasteiger partial charge in [0.2, 0.25) is 0 Å². The van der Waals surface area contributed by atoms with E-state index < -0.39 is 18.9 Å². The maximum atomic E-state index is 9.84. The lowest BCUT2D eigenvalue weighted by atomic mass is 10.7. The summed E-state index contributed by atoms with van der Waals surface area (Å²) in [7, 11) is 1.31. The summed E-state index contributed by atoms with van der Waals surface area (Å²) in [6, 6.07) is 0. The smallest absolute Gasteiger partial charge is 0.329 e. The van der Waals surface area contributed by atoms with Crippen LogP contribution < -0.4 is 0 Å². The van der Waals surface area contributed by atoms with E-state index >= 15 is 0 Å². The van der Waals surface area contributed by atoms with Gasteiger partial charge in [0.15, 0.2) is 6.29 Å². The average molecular weight is 164 g/mol. The number of aliphatic hydroxyl groups is 3. The Hall–Kier alpha value is -0.910. The molecule has 0 fully saturated rings. The Morgan fingerprint density at radius 1 is 1.73 bits per heavy atom. The number of methoxy groups -OCH3 is 1. The second-order valence-corrected chi connectivity index (χ2v) is 1.39. The molecule has 0 radical (unpaired) electrons. The molecule has 0 aromatic rings. The van der Waals surface area contributed by atoms with E-state index in [4.69, 9.17) is 15.3 Å². The number of ether oxygens (including phenoxy) is 1. The number of hydrogen-bond donors (Lipinski definition) is 3. The maximum absolute atomic E-state index is 9.84. The molecule has 0 saturated carbocycles. The summed E-state index contributed by atoms with van der Waals surface area (Å²) in [6.45, 7) is 2.57. The van der Waals surface area contributed by atoms with Gasteiger partial charge >= 0.3 is 5.97 Å². The van der Waals surface area contributed by atoms with Gasteiger partial charge in [0.25, 0.3) is 0 Å². The molecule has 5 heteroatoms. The highest BCUT2D eigenvalue weighted by Crippen LogP contribution is 1.67. The van der Waals surface area contributed by atoms with Crippen LogP contribution >= 0.6 is 0 Å². The van der Waals surface area contributed by atoms with Crippen LogP contribution in [0.1, 0.15) is 0 Å². The zero-order valence-corrected chi connectivity index (χ0v) is 6.23. The molecule has 0 aliphatic rings. The van der Waals surface area contributed by atoms with Gasteiger partial charge in [-0.1, -0.05) is 6.58 Å². The molecule has 0 amide bonds. The Labute approximate surface area is 64.5 Å². The largest absolute Gasteiger partial charge is 0.466 e. The van der Waals surface area contributed by atoms with Gasteiger partial charge in [-0.15, -0.1) is 0 Å². The van der Waals surface area contributed by atoms with E-state index in [0.717, 1.165) is 6.08 Å². The Morgan fingerprint density at radius 2 is 2.09 bits per heavy atom. The number of hydrogen-bond acceptors (Lipinski definition) is 5. The number of esters is 1. The summed E-state index contributed by atoms with van der Waals surface area (Å²) in [5.74, 6) is -0.394. The van der Waals surface area contributed by atoms with Gasteiger partial charge in [0.05, 0.1) is 13.7 Å². The lowest BCUT2D eigenvalue weighted by Gasteiger charge is -1.89. The molecule has 3 N–H and O–H groups in total. The summed E-state index contributed by atoms with van der Waals surface area (Å²) < 4.78 is 4.14. The highest BCUT2D eigenvalue weighted by molar-refractivity contribution is 5.80. The molecule has 0 heterocycles. The molecular formula is C6H12O5. The van der Waals surface area contributed by atoms with Crippen molar-refractivity contribution >= 4 is 5.97 Å². The van der Waals surface area contributed by atoms with Crippen molar-refractivity contribution in [2.75, 3.05) is 13.7 Å². The predicted molar refractivity (Wildman–Crippen MR) is 37.5 cm³/mol.